The van der Waals surface area contributed by atoms with Crippen LogP contribution < -0.4 is 30.2 Å². The van der Waals surface area contributed by atoms with E-state index in [2.05, 4.69) is 25.8 Å². The van der Waals surface area contributed by atoms with Crippen LogP contribution in [-0.2, 0) is 17.9 Å². The van der Waals surface area contributed by atoms with Gasteiger partial charge in [-0.15, -0.1) is 0 Å². The number of rotatable bonds is 13. The standard InChI is InChI=1S/C28H37N5O4S/c34-26(7-6-12-31-28(38)32-19-22-8-9-24-25(17-22)37-21-36-24)29-11-2-5-16-35-27-18-23(10-13-30-27)20-33-14-3-1-4-15-33/h2,5,8-10,13,17-18H,1,3-4,6-7,11-12,14-16,19-21H2,(H,29,34)(H2,31,32,38)/b5-2-. The first kappa shape index (κ1) is 27.7. The van der Waals surface area contributed by atoms with Gasteiger partial charge in [0.05, 0.1) is 0 Å². The number of fused-ring (bicyclic) bond motifs is 1. The highest BCUT2D eigenvalue weighted by molar-refractivity contribution is 7.80. The first-order chi connectivity index (χ1) is 18.7. The van der Waals surface area contributed by atoms with Gasteiger partial charge in [-0.1, -0.05) is 18.6 Å². The molecule has 3 heterocycles. The van der Waals surface area contributed by atoms with Crippen molar-refractivity contribution in [2.75, 3.05) is 39.6 Å². The van der Waals surface area contributed by atoms with Gasteiger partial charge in [0, 0.05) is 44.9 Å². The molecule has 0 aliphatic carbocycles. The number of amides is 1. The van der Waals surface area contributed by atoms with Crippen LogP contribution in [0.2, 0.25) is 0 Å². The van der Waals surface area contributed by atoms with E-state index in [1.807, 2.05) is 42.5 Å². The summed E-state index contributed by atoms with van der Waals surface area (Å²) < 4.78 is 16.5. The van der Waals surface area contributed by atoms with Crippen LogP contribution in [0.4, 0.5) is 0 Å². The first-order valence-corrected chi connectivity index (χ1v) is 13.7. The Balaban J connectivity index is 1.01. The Hall–Kier alpha value is -3.37. The predicted molar refractivity (Wildman–Crippen MR) is 150 cm³/mol. The number of carbonyl (C=O) groups excluding carboxylic acids is 1. The molecule has 204 valence electrons. The molecule has 0 saturated carbocycles. The molecule has 10 heteroatoms. The lowest BCUT2D eigenvalue weighted by molar-refractivity contribution is -0.120. The fourth-order valence-corrected chi connectivity index (χ4v) is 4.47. The zero-order valence-electron chi connectivity index (χ0n) is 21.7. The number of hydrogen-bond acceptors (Lipinski definition) is 7. The van der Waals surface area contributed by atoms with Crippen molar-refractivity contribution in [1.29, 1.82) is 0 Å². The second-order valence-electron chi connectivity index (χ2n) is 9.33. The summed E-state index contributed by atoms with van der Waals surface area (Å²) in [6.45, 7) is 5.61. The summed E-state index contributed by atoms with van der Waals surface area (Å²) >= 11 is 5.31. The molecule has 9 nitrogen and oxygen atoms in total. The minimum Gasteiger partial charge on any atom is -0.473 e. The van der Waals surface area contributed by atoms with Gasteiger partial charge in [0.15, 0.2) is 16.6 Å². The van der Waals surface area contributed by atoms with Crippen molar-refractivity contribution in [2.45, 2.75) is 45.2 Å². The van der Waals surface area contributed by atoms with E-state index < -0.39 is 0 Å². The van der Waals surface area contributed by atoms with Crippen molar-refractivity contribution in [2.24, 2.45) is 0 Å². The van der Waals surface area contributed by atoms with Crippen molar-refractivity contribution in [3.8, 4) is 17.4 Å². The third kappa shape index (κ3) is 9.50. The van der Waals surface area contributed by atoms with E-state index in [1.165, 1.54) is 24.8 Å². The number of carbonyl (C=O) groups is 1. The van der Waals surface area contributed by atoms with Gasteiger partial charge in [-0.2, -0.15) is 0 Å². The second-order valence-corrected chi connectivity index (χ2v) is 9.73. The second kappa shape index (κ2) is 15.1. The van der Waals surface area contributed by atoms with Gasteiger partial charge in [-0.3, -0.25) is 9.69 Å². The van der Waals surface area contributed by atoms with Crippen molar-refractivity contribution in [1.82, 2.24) is 25.8 Å². The number of nitrogens with one attached hydrogen (secondary N) is 3. The predicted octanol–water partition coefficient (Wildman–Crippen LogP) is 3.29. The van der Waals surface area contributed by atoms with E-state index >= 15 is 0 Å². The third-order valence-electron chi connectivity index (χ3n) is 6.32. The molecule has 0 bridgehead atoms. The number of piperidine rings is 1. The lowest BCUT2D eigenvalue weighted by Crippen LogP contribution is -2.35. The van der Waals surface area contributed by atoms with Crippen molar-refractivity contribution in [3.05, 3.63) is 59.8 Å². The monoisotopic (exact) mass is 539 g/mol. The average Bonchev–Trinajstić information content (AvgIpc) is 3.41. The lowest BCUT2D eigenvalue weighted by atomic mass is 10.1. The number of pyridine rings is 1. The van der Waals surface area contributed by atoms with Gasteiger partial charge in [-0.25, -0.2) is 4.98 Å². The van der Waals surface area contributed by atoms with Crippen LogP contribution in [-0.4, -0.2) is 60.5 Å². The Kier molecular flexibility index (Phi) is 11.0. The number of hydrogen-bond donors (Lipinski definition) is 3. The van der Waals surface area contributed by atoms with Crippen LogP contribution in [0.3, 0.4) is 0 Å². The first-order valence-electron chi connectivity index (χ1n) is 13.3. The zero-order chi connectivity index (χ0) is 26.4. The maximum Gasteiger partial charge on any atom is 0.231 e. The minimum absolute atomic E-state index is 0.00341. The SMILES string of the molecule is O=C(CCCNC(=S)NCc1ccc2c(c1)OCO2)NC/C=C\COc1cc(CN2CCCCC2)ccn1. The Morgan fingerprint density at radius 3 is 2.79 bits per heavy atom. The van der Waals surface area contributed by atoms with Crippen LogP contribution in [0, 0.1) is 0 Å². The van der Waals surface area contributed by atoms with Gasteiger partial charge in [0.25, 0.3) is 0 Å². The van der Waals surface area contributed by atoms with E-state index in [1.54, 1.807) is 6.20 Å². The molecule has 38 heavy (non-hydrogen) atoms. The zero-order valence-corrected chi connectivity index (χ0v) is 22.6. The van der Waals surface area contributed by atoms with Crippen LogP contribution >= 0.6 is 12.2 Å². The summed E-state index contributed by atoms with van der Waals surface area (Å²) in [6, 6.07) is 9.86. The van der Waals surface area contributed by atoms with Crippen LogP contribution in [0.5, 0.6) is 17.4 Å². The third-order valence-corrected chi connectivity index (χ3v) is 6.61. The fourth-order valence-electron chi connectivity index (χ4n) is 4.30. The van der Waals surface area contributed by atoms with Crippen LogP contribution in [0.1, 0.15) is 43.2 Å². The number of aromatic nitrogens is 1. The summed E-state index contributed by atoms with van der Waals surface area (Å²) in [5.41, 5.74) is 2.28. The van der Waals surface area contributed by atoms with Crippen molar-refractivity contribution in [3.63, 3.8) is 0 Å². The molecule has 0 unspecified atom stereocenters. The smallest absolute Gasteiger partial charge is 0.231 e. The molecule has 1 aromatic carbocycles. The molecule has 3 N–H and O–H groups in total. The molecule has 1 amide bonds. The van der Waals surface area contributed by atoms with Gasteiger partial charge < -0.3 is 30.2 Å². The van der Waals surface area contributed by atoms with E-state index in [4.69, 9.17) is 26.4 Å². The minimum atomic E-state index is 0.00341. The molecule has 4 rings (SSSR count). The maximum atomic E-state index is 12.1. The number of ether oxygens (including phenoxy) is 3. The Bertz CT molecular complexity index is 1090. The molecule has 1 aromatic heterocycles. The number of benzene rings is 1. The average molecular weight is 540 g/mol. The molecule has 0 radical (unpaired) electrons. The molecule has 0 spiro atoms. The Labute approximate surface area is 229 Å². The normalized spacial score (nSPS) is 14.8. The molecular formula is C28H37N5O4S. The molecule has 1 saturated heterocycles. The number of thiocarbonyl (C=S) groups is 1. The van der Waals surface area contributed by atoms with Gasteiger partial charge in [-0.05, 0) is 80.0 Å². The van der Waals surface area contributed by atoms with Crippen molar-refractivity contribution >= 4 is 23.2 Å². The van der Waals surface area contributed by atoms with Crippen LogP contribution in [0.25, 0.3) is 0 Å². The fraction of sp³-hybridized carbons (Fsp3) is 0.464. The molecule has 2 aliphatic heterocycles. The van der Waals surface area contributed by atoms with Gasteiger partial charge in [0.1, 0.15) is 6.61 Å². The maximum absolute atomic E-state index is 12.1. The van der Waals surface area contributed by atoms with E-state index in [0.29, 0.717) is 50.1 Å². The highest BCUT2D eigenvalue weighted by Crippen LogP contribution is 2.32. The summed E-state index contributed by atoms with van der Waals surface area (Å²) in [5, 5.41) is 9.74. The highest BCUT2D eigenvalue weighted by Gasteiger charge is 2.13. The quantitative estimate of drug-likeness (QED) is 0.201. The molecule has 1 fully saturated rings. The number of likely N-dealkylation sites (tertiary alicyclic amines) is 1. The molecular weight excluding hydrogens is 502 g/mol. The summed E-state index contributed by atoms with van der Waals surface area (Å²) in [5.74, 6) is 2.15. The highest BCUT2D eigenvalue weighted by atomic mass is 32.1. The molecule has 2 aliphatic rings. The lowest BCUT2D eigenvalue weighted by Gasteiger charge is -2.26. The Morgan fingerprint density at radius 2 is 1.89 bits per heavy atom. The van der Waals surface area contributed by atoms with E-state index in [-0.39, 0.29) is 12.7 Å². The summed E-state index contributed by atoms with van der Waals surface area (Å²) in [4.78, 5) is 18.8. The van der Waals surface area contributed by atoms with E-state index in [0.717, 1.165) is 36.7 Å². The summed E-state index contributed by atoms with van der Waals surface area (Å²) in [7, 11) is 0. The van der Waals surface area contributed by atoms with E-state index in [9.17, 15) is 4.79 Å². The molecule has 2 aromatic rings. The topological polar surface area (TPSA) is 97.0 Å². The van der Waals surface area contributed by atoms with Crippen molar-refractivity contribution < 1.29 is 19.0 Å². The van der Waals surface area contributed by atoms with Gasteiger partial charge in [0.2, 0.25) is 18.6 Å². The largest absolute Gasteiger partial charge is 0.473 e. The Morgan fingerprint density at radius 1 is 1.03 bits per heavy atom. The number of nitrogens with zero attached hydrogens (tertiary/aromatic N) is 2. The summed E-state index contributed by atoms with van der Waals surface area (Å²) in [6.07, 6.45) is 10.6. The van der Waals surface area contributed by atoms with Crippen LogP contribution in [0.15, 0.2) is 48.7 Å². The van der Waals surface area contributed by atoms with Gasteiger partial charge >= 0.3 is 0 Å². The molecule has 0 atom stereocenters.